The highest BCUT2D eigenvalue weighted by molar-refractivity contribution is 6.39. The van der Waals surface area contributed by atoms with Crippen LogP contribution in [0.25, 0.3) is 22.4 Å². The Morgan fingerprint density at radius 3 is 2.56 bits per heavy atom. The van der Waals surface area contributed by atoms with Gasteiger partial charge in [-0.3, -0.25) is 9.59 Å². The number of hydrogen-bond acceptors (Lipinski definition) is 9. The zero-order valence-corrected chi connectivity index (χ0v) is 23.6. The number of nitrogens with one attached hydrogen (secondary N) is 2. The molecule has 1 aliphatic heterocycles. The first kappa shape index (κ1) is 28.7. The van der Waals surface area contributed by atoms with Crippen molar-refractivity contribution >= 4 is 34.8 Å². The Bertz CT molecular complexity index is 1660. The van der Waals surface area contributed by atoms with E-state index < -0.39 is 17.6 Å². The number of aromatic nitrogens is 4. The average molecular weight is 597 g/mol. The Labute approximate surface area is 245 Å². The van der Waals surface area contributed by atoms with E-state index in [0.29, 0.717) is 53.0 Å². The van der Waals surface area contributed by atoms with Gasteiger partial charge in [0.1, 0.15) is 6.33 Å². The fraction of sp³-hybridized carbons (Fsp3) is 0.250. The molecule has 0 radical (unpaired) electrons. The van der Waals surface area contributed by atoms with Gasteiger partial charge in [-0.2, -0.15) is 5.10 Å². The molecular weight excluding hydrogens is 571 g/mol. The van der Waals surface area contributed by atoms with E-state index in [0.717, 1.165) is 16.6 Å². The highest BCUT2D eigenvalue weighted by atomic mass is 35.5. The number of pyridine rings is 1. The van der Waals surface area contributed by atoms with Gasteiger partial charge in [0.2, 0.25) is 5.88 Å². The highest BCUT2D eigenvalue weighted by Gasteiger charge is 2.26. The van der Waals surface area contributed by atoms with Gasteiger partial charge in [0, 0.05) is 35.8 Å². The van der Waals surface area contributed by atoms with Crippen LogP contribution in [-0.2, 0) is 18.3 Å². The molecule has 4 aromatic rings. The van der Waals surface area contributed by atoms with Crippen LogP contribution in [0, 0.1) is 0 Å². The molecule has 1 aliphatic rings. The number of carbonyl (C=O) groups is 1. The van der Waals surface area contributed by atoms with Crippen molar-refractivity contribution < 1.29 is 19.4 Å². The van der Waals surface area contributed by atoms with Crippen molar-refractivity contribution in [2.24, 2.45) is 7.05 Å². The molecule has 212 valence electrons. The number of anilines is 1. The van der Waals surface area contributed by atoms with E-state index in [1.807, 2.05) is 30.3 Å². The van der Waals surface area contributed by atoms with Crippen LogP contribution in [0.1, 0.15) is 16.1 Å². The summed E-state index contributed by atoms with van der Waals surface area (Å²) in [5, 5.41) is 20.3. The molecule has 2 atom stereocenters. The average Bonchev–Trinajstić information content (AvgIpc) is 3.39. The Balaban J connectivity index is 1.42. The lowest BCUT2D eigenvalue weighted by atomic mass is 10.00. The van der Waals surface area contributed by atoms with Crippen molar-refractivity contribution in [1.29, 1.82) is 0 Å². The number of halogens is 2. The van der Waals surface area contributed by atoms with Crippen LogP contribution >= 0.6 is 23.2 Å². The first-order valence-electron chi connectivity index (χ1n) is 12.6. The number of nitrogens with zero attached hydrogens (tertiary/aromatic N) is 4. The van der Waals surface area contributed by atoms with Gasteiger partial charge in [0.15, 0.2) is 5.69 Å². The van der Waals surface area contributed by atoms with Gasteiger partial charge in [-0.15, -0.1) is 0 Å². The van der Waals surface area contributed by atoms with Crippen molar-refractivity contribution in [2.45, 2.75) is 18.7 Å². The molecule has 3 heterocycles. The van der Waals surface area contributed by atoms with Crippen molar-refractivity contribution in [2.75, 3.05) is 25.6 Å². The van der Waals surface area contributed by atoms with Crippen LogP contribution in [0.15, 0.2) is 59.7 Å². The zero-order valence-electron chi connectivity index (χ0n) is 22.1. The summed E-state index contributed by atoms with van der Waals surface area (Å²) in [6.07, 6.45) is 0.564. The lowest BCUT2D eigenvalue weighted by Crippen LogP contribution is -2.38. The second kappa shape index (κ2) is 12.3. The fourth-order valence-electron chi connectivity index (χ4n) is 4.44. The number of carbonyl (C=O) groups excluding carboxylic acids is 1. The lowest BCUT2D eigenvalue weighted by molar-refractivity contribution is 0.101. The van der Waals surface area contributed by atoms with Crippen LogP contribution < -0.4 is 20.9 Å². The van der Waals surface area contributed by atoms with Gasteiger partial charge in [-0.05, 0) is 12.1 Å². The summed E-state index contributed by atoms with van der Waals surface area (Å²) in [6, 6.07) is 14.1. The Morgan fingerprint density at radius 2 is 1.83 bits per heavy atom. The molecule has 0 unspecified atom stereocenters. The van der Waals surface area contributed by atoms with Crippen LogP contribution in [0.3, 0.4) is 0 Å². The highest BCUT2D eigenvalue weighted by Crippen LogP contribution is 2.41. The number of ether oxygens (including phenoxy) is 2. The van der Waals surface area contributed by atoms with Crippen molar-refractivity contribution in [3.8, 4) is 28.3 Å². The summed E-state index contributed by atoms with van der Waals surface area (Å²) < 4.78 is 11.9. The molecule has 5 rings (SSSR count). The quantitative estimate of drug-likeness (QED) is 0.279. The second-order valence-corrected chi connectivity index (χ2v) is 10.0. The zero-order chi connectivity index (χ0) is 29.1. The van der Waals surface area contributed by atoms with Crippen LogP contribution in [0.4, 0.5) is 5.69 Å². The van der Waals surface area contributed by atoms with Gasteiger partial charge in [-0.25, -0.2) is 14.6 Å². The van der Waals surface area contributed by atoms with Gasteiger partial charge in [0.25, 0.3) is 11.5 Å². The normalized spacial score (nSPS) is 16.5. The molecule has 41 heavy (non-hydrogen) atoms. The third kappa shape index (κ3) is 5.95. The van der Waals surface area contributed by atoms with Crippen molar-refractivity contribution in [3.63, 3.8) is 0 Å². The predicted molar refractivity (Wildman–Crippen MR) is 154 cm³/mol. The van der Waals surface area contributed by atoms with E-state index in [1.54, 1.807) is 18.2 Å². The summed E-state index contributed by atoms with van der Waals surface area (Å²) in [5.74, 6) is -0.295. The lowest BCUT2D eigenvalue weighted by Gasteiger charge is -2.17. The molecule has 1 amide bonds. The van der Waals surface area contributed by atoms with Crippen LogP contribution in [-0.4, -0.2) is 63.2 Å². The monoisotopic (exact) mass is 596 g/mol. The Hall–Kier alpha value is -3.87. The minimum Gasteiger partial charge on any atom is -0.481 e. The van der Waals surface area contributed by atoms with Crippen LogP contribution in [0.5, 0.6) is 5.88 Å². The number of aliphatic hydroxyl groups is 1. The molecule has 0 bridgehead atoms. The third-order valence-corrected chi connectivity index (χ3v) is 7.49. The molecule has 2 aromatic heterocycles. The minimum absolute atomic E-state index is 0.165. The molecular formula is C28H26Cl2N6O5. The first-order valence-corrected chi connectivity index (χ1v) is 13.3. The maximum absolute atomic E-state index is 12.8. The smallest absolute Gasteiger partial charge is 0.298 e. The number of hydrogen-bond donors (Lipinski definition) is 3. The van der Waals surface area contributed by atoms with Crippen molar-refractivity contribution in [3.05, 3.63) is 86.5 Å². The molecule has 0 aliphatic carbocycles. The second-order valence-electron chi connectivity index (χ2n) is 9.28. The molecule has 2 aromatic carbocycles. The Kier molecular flexibility index (Phi) is 8.62. The predicted octanol–water partition coefficient (Wildman–Crippen LogP) is 3.32. The first-order chi connectivity index (χ1) is 19.8. The van der Waals surface area contributed by atoms with Crippen LogP contribution in [0.2, 0.25) is 10.0 Å². The summed E-state index contributed by atoms with van der Waals surface area (Å²) in [7, 11) is 2.97. The molecule has 13 heteroatoms. The standard InChI is InChI=1S/C28H26Cl2N6O5/c1-36-28(39)25(32-14-33-36)26(38)34-20-8-4-6-17(24(20)30)16-5-3-7-18(23(16)29)19-10-9-15(27(35-19)40-2)11-31-21-12-41-13-22(21)37/h3-10,14,21-22,31,37H,11-13H2,1-2H3,(H,34,38)/t21-,22-/m1/s1. The van der Waals surface area contributed by atoms with E-state index in [1.165, 1.54) is 14.2 Å². The van der Waals surface area contributed by atoms with E-state index in [9.17, 15) is 14.7 Å². The molecule has 11 nitrogen and oxygen atoms in total. The van der Waals surface area contributed by atoms with Gasteiger partial charge in [-0.1, -0.05) is 59.6 Å². The topological polar surface area (TPSA) is 140 Å². The van der Waals surface area contributed by atoms with E-state index in [4.69, 9.17) is 32.7 Å². The van der Waals surface area contributed by atoms with E-state index in [-0.39, 0.29) is 22.4 Å². The molecule has 0 saturated carbocycles. The molecule has 0 spiro atoms. The van der Waals surface area contributed by atoms with Gasteiger partial charge in [0.05, 0.1) is 53.9 Å². The third-order valence-electron chi connectivity index (χ3n) is 6.67. The molecule has 3 N–H and O–H groups in total. The number of benzene rings is 2. The number of rotatable bonds is 8. The van der Waals surface area contributed by atoms with Crippen molar-refractivity contribution in [1.82, 2.24) is 25.1 Å². The van der Waals surface area contributed by atoms with E-state index >= 15 is 0 Å². The SMILES string of the molecule is COc1nc(-c2cccc(-c3cccc(NC(=O)c4ncnn(C)c4=O)c3Cl)c2Cl)ccc1CN[C@@H]1COC[C@H]1O. The van der Waals surface area contributed by atoms with E-state index in [2.05, 4.69) is 25.7 Å². The minimum atomic E-state index is -0.715. The summed E-state index contributed by atoms with van der Waals surface area (Å²) >= 11 is 13.6. The number of methoxy groups -OCH3 is 1. The number of aliphatic hydroxyl groups excluding tert-OH is 1. The molecule has 1 saturated heterocycles. The summed E-state index contributed by atoms with van der Waals surface area (Å²) in [5.41, 5.74) is 2.57. The maximum atomic E-state index is 12.8. The summed E-state index contributed by atoms with van der Waals surface area (Å²) in [4.78, 5) is 33.5. The van der Waals surface area contributed by atoms with Gasteiger partial charge >= 0.3 is 0 Å². The summed E-state index contributed by atoms with van der Waals surface area (Å²) in [6.45, 7) is 1.18. The molecule has 1 fully saturated rings. The fourth-order valence-corrected chi connectivity index (χ4v) is 5.04. The Morgan fingerprint density at radius 1 is 1.10 bits per heavy atom. The largest absolute Gasteiger partial charge is 0.481 e. The number of amides is 1. The number of aryl methyl sites for hydroxylation is 1. The van der Waals surface area contributed by atoms with Gasteiger partial charge < -0.3 is 25.2 Å². The maximum Gasteiger partial charge on any atom is 0.298 e.